The number of carbonyl (C=O) groups is 1. The molecule has 0 N–H and O–H groups in total. The van der Waals surface area contributed by atoms with E-state index >= 15 is 0 Å². The van der Waals surface area contributed by atoms with Gasteiger partial charge >= 0.3 is 0 Å². The molecule has 0 amide bonds. The van der Waals surface area contributed by atoms with Crippen LogP contribution in [0.15, 0.2) is 63.0 Å². The normalized spacial score (nSPS) is 11.2. The molecule has 0 unspecified atom stereocenters. The molecule has 3 aromatic rings. The Hall–Kier alpha value is -1.92. The minimum atomic E-state index is -0.0529. The first kappa shape index (κ1) is 18.9. The van der Waals surface area contributed by atoms with Crippen molar-refractivity contribution in [2.75, 3.05) is 5.75 Å². The number of rotatable bonds is 6. The molecule has 0 aliphatic carbocycles. The molecular weight excluding hydrogens is 412 g/mol. The second-order valence-corrected chi connectivity index (χ2v) is 8.30. The average Bonchev–Trinajstić information content (AvgIpc) is 2.63. The number of halogens is 1. The Morgan fingerprint density at radius 2 is 1.85 bits per heavy atom. The van der Waals surface area contributed by atoms with Gasteiger partial charge in [-0.05, 0) is 30.2 Å². The van der Waals surface area contributed by atoms with Gasteiger partial charge in [-0.25, -0.2) is 4.98 Å². The van der Waals surface area contributed by atoms with Crippen LogP contribution in [0.2, 0.25) is 0 Å². The Kier molecular flexibility index (Phi) is 5.94. The van der Waals surface area contributed by atoms with Crippen LogP contribution in [-0.2, 0) is 6.54 Å². The van der Waals surface area contributed by atoms with Gasteiger partial charge in [0.2, 0.25) is 0 Å². The lowest BCUT2D eigenvalue weighted by atomic mass is 10.2. The lowest BCUT2D eigenvalue weighted by Gasteiger charge is -2.14. The molecule has 1 aromatic heterocycles. The lowest BCUT2D eigenvalue weighted by molar-refractivity contribution is 0.102. The van der Waals surface area contributed by atoms with Crippen molar-refractivity contribution in [1.82, 2.24) is 9.55 Å². The van der Waals surface area contributed by atoms with Gasteiger partial charge in [-0.1, -0.05) is 65.8 Å². The first-order valence-corrected chi connectivity index (χ1v) is 10.1. The third-order valence-electron chi connectivity index (χ3n) is 3.87. The predicted molar refractivity (Wildman–Crippen MR) is 110 cm³/mol. The van der Waals surface area contributed by atoms with Crippen LogP contribution in [0.3, 0.4) is 0 Å². The van der Waals surface area contributed by atoms with Gasteiger partial charge in [0.25, 0.3) is 5.56 Å². The number of hydrogen-bond acceptors (Lipinski definition) is 4. The van der Waals surface area contributed by atoms with Crippen molar-refractivity contribution < 1.29 is 4.79 Å². The van der Waals surface area contributed by atoms with Gasteiger partial charge in [0.15, 0.2) is 10.9 Å². The smallest absolute Gasteiger partial charge is 0.262 e. The second-order valence-electron chi connectivity index (χ2n) is 6.44. The molecule has 26 heavy (non-hydrogen) atoms. The molecular formula is C20H19BrN2O2S. The van der Waals surface area contributed by atoms with Crippen molar-refractivity contribution >= 4 is 44.4 Å². The number of benzene rings is 2. The fourth-order valence-electron chi connectivity index (χ4n) is 2.63. The largest absolute Gasteiger partial charge is 0.293 e. The molecule has 4 nitrogen and oxygen atoms in total. The van der Waals surface area contributed by atoms with E-state index in [2.05, 4.69) is 34.8 Å². The maximum absolute atomic E-state index is 12.9. The van der Waals surface area contributed by atoms with E-state index in [-0.39, 0.29) is 17.1 Å². The summed E-state index contributed by atoms with van der Waals surface area (Å²) in [5, 5.41) is 1.20. The minimum absolute atomic E-state index is 0.0148. The standard InChI is InChI=1S/C20H19BrN2O2S/c1-13(2)11-23-19(25)16-5-3-4-6-17(16)22-20(23)26-12-18(24)14-7-9-15(21)10-8-14/h3-10,13H,11-12H2,1-2H3. The summed E-state index contributed by atoms with van der Waals surface area (Å²) in [6.07, 6.45) is 0. The number of ketones is 1. The van der Waals surface area contributed by atoms with Crippen molar-refractivity contribution in [1.29, 1.82) is 0 Å². The highest BCUT2D eigenvalue weighted by atomic mass is 79.9. The number of para-hydroxylation sites is 1. The van der Waals surface area contributed by atoms with Gasteiger partial charge in [0.05, 0.1) is 16.7 Å². The highest BCUT2D eigenvalue weighted by molar-refractivity contribution is 9.10. The van der Waals surface area contributed by atoms with Gasteiger partial charge < -0.3 is 0 Å². The topological polar surface area (TPSA) is 52.0 Å². The molecule has 1 heterocycles. The number of aromatic nitrogens is 2. The van der Waals surface area contributed by atoms with E-state index in [1.807, 2.05) is 30.3 Å². The maximum atomic E-state index is 12.9. The van der Waals surface area contributed by atoms with E-state index in [1.54, 1.807) is 22.8 Å². The lowest BCUT2D eigenvalue weighted by Crippen LogP contribution is -2.25. The monoisotopic (exact) mass is 430 g/mol. The Balaban J connectivity index is 1.91. The summed E-state index contributed by atoms with van der Waals surface area (Å²) in [4.78, 5) is 30.0. The molecule has 0 saturated carbocycles. The van der Waals surface area contributed by atoms with Crippen molar-refractivity contribution in [3.8, 4) is 0 Å². The van der Waals surface area contributed by atoms with Gasteiger partial charge in [0, 0.05) is 16.6 Å². The average molecular weight is 431 g/mol. The number of hydrogen-bond donors (Lipinski definition) is 0. The molecule has 0 radical (unpaired) electrons. The van der Waals surface area contributed by atoms with Gasteiger partial charge in [-0.3, -0.25) is 14.2 Å². The minimum Gasteiger partial charge on any atom is -0.293 e. The predicted octanol–water partition coefficient (Wildman–Crippen LogP) is 4.79. The quantitative estimate of drug-likeness (QED) is 0.320. The van der Waals surface area contributed by atoms with E-state index in [0.29, 0.717) is 34.1 Å². The van der Waals surface area contributed by atoms with Crippen LogP contribution < -0.4 is 5.56 Å². The molecule has 0 atom stereocenters. The zero-order valence-electron chi connectivity index (χ0n) is 14.6. The second kappa shape index (κ2) is 8.18. The summed E-state index contributed by atoms with van der Waals surface area (Å²) in [6.45, 7) is 4.69. The third-order valence-corrected chi connectivity index (χ3v) is 5.38. The Bertz CT molecular complexity index is 997. The van der Waals surface area contributed by atoms with Crippen LogP contribution in [-0.4, -0.2) is 21.1 Å². The summed E-state index contributed by atoms with van der Waals surface area (Å²) in [5.41, 5.74) is 1.26. The fourth-order valence-corrected chi connectivity index (χ4v) is 3.80. The molecule has 3 rings (SSSR count). The first-order chi connectivity index (χ1) is 12.5. The summed E-state index contributed by atoms with van der Waals surface area (Å²) in [6, 6.07) is 14.6. The summed E-state index contributed by atoms with van der Waals surface area (Å²) in [5.74, 6) is 0.558. The highest BCUT2D eigenvalue weighted by Gasteiger charge is 2.15. The summed E-state index contributed by atoms with van der Waals surface area (Å²) >= 11 is 4.68. The van der Waals surface area contributed by atoms with Crippen LogP contribution in [0.5, 0.6) is 0 Å². The molecule has 0 saturated heterocycles. The Morgan fingerprint density at radius 3 is 2.54 bits per heavy atom. The molecule has 0 fully saturated rings. The zero-order chi connectivity index (χ0) is 18.7. The van der Waals surface area contributed by atoms with E-state index in [1.165, 1.54) is 11.8 Å². The molecule has 0 bridgehead atoms. The van der Waals surface area contributed by atoms with Crippen molar-refractivity contribution in [2.24, 2.45) is 5.92 Å². The first-order valence-electron chi connectivity index (χ1n) is 8.37. The zero-order valence-corrected chi connectivity index (χ0v) is 17.0. The maximum Gasteiger partial charge on any atom is 0.262 e. The third kappa shape index (κ3) is 4.24. The molecule has 0 aliphatic rings. The van der Waals surface area contributed by atoms with E-state index in [0.717, 1.165) is 4.47 Å². The summed E-state index contributed by atoms with van der Waals surface area (Å²) in [7, 11) is 0. The van der Waals surface area contributed by atoms with Crippen molar-refractivity contribution in [2.45, 2.75) is 25.5 Å². The van der Waals surface area contributed by atoms with Gasteiger partial charge in [0.1, 0.15) is 0 Å². The number of Topliss-reactive ketones (excluding diaryl/α,β-unsaturated/α-hetero) is 1. The Labute approximate surface area is 164 Å². The summed E-state index contributed by atoms with van der Waals surface area (Å²) < 4.78 is 2.62. The molecule has 0 spiro atoms. The van der Waals surface area contributed by atoms with Crippen LogP contribution in [0, 0.1) is 5.92 Å². The number of thioether (sulfide) groups is 1. The van der Waals surface area contributed by atoms with Crippen LogP contribution >= 0.6 is 27.7 Å². The highest BCUT2D eigenvalue weighted by Crippen LogP contribution is 2.21. The van der Waals surface area contributed by atoms with E-state index in [4.69, 9.17) is 0 Å². The van der Waals surface area contributed by atoms with E-state index in [9.17, 15) is 9.59 Å². The van der Waals surface area contributed by atoms with Crippen LogP contribution in [0.1, 0.15) is 24.2 Å². The van der Waals surface area contributed by atoms with Crippen molar-refractivity contribution in [3.63, 3.8) is 0 Å². The SMILES string of the molecule is CC(C)Cn1c(SCC(=O)c2ccc(Br)cc2)nc2ccccc2c1=O. The molecule has 134 valence electrons. The number of carbonyl (C=O) groups excluding carboxylic acids is 1. The molecule has 2 aromatic carbocycles. The van der Waals surface area contributed by atoms with Gasteiger partial charge in [-0.15, -0.1) is 0 Å². The van der Waals surface area contributed by atoms with Crippen LogP contribution in [0.25, 0.3) is 10.9 Å². The molecule has 6 heteroatoms. The van der Waals surface area contributed by atoms with Crippen molar-refractivity contribution in [3.05, 3.63) is 68.9 Å². The van der Waals surface area contributed by atoms with Gasteiger partial charge in [-0.2, -0.15) is 0 Å². The van der Waals surface area contributed by atoms with Crippen LogP contribution in [0.4, 0.5) is 0 Å². The number of fused-ring (bicyclic) bond motifs is 1. The van der Waals surface area contributed by atoms with E-state index < -0.39 is 0 Å². The fraction of sp³-hybridized carbons (Fsp3) is 0.250. The molecule has 0 aliphatic heterocycles. The Morgan fingerprint density at radius 1 is 1.15 bits per heavy atom. The number of nitrogens with zero attached hydrogens (tertiary/aromatic N) is 2.